The molecule has 2 amide bonds. The molecule has 2 aromatic carbocycles. The van der Waals surface area contributed by atoms with Gasteiger partial charge in [-0.25, -0.2) is 4.98 Å². The number of aromatic nitrogens is 1. The Morgan fingerprint density at radius 2 is 2.00 bits per heavy atom. The monoisotopic (exact) mass is 529 g/mol. The number of thiazole rings is 1. The van der Waals surface area contributed by atoms with E-state index in [-0.39, 0.29) is 24.8 Å². The standard InChI is InChI=1S/C24H20ClN3O3S3/c1-31-19-9-5-3-7-16(19)13-20-22(30)28(24(32)34-20)11-10-21(29)27-23-26-14-17(33-23)12-15-6-2-4-8-18(15)25/h2-9,13-14H,10-12H2,1H3,(H,26,27,29). The summed E-state index contributed by atoms with van der Waals surface area (Å²) >= 11 is 14.2. The van der Waals surface area contributed by atoms with Gasteiger partial charge in [0.25, 0.3) is 5.91 Å². The molecule has 0 aliphatic carbocycles. The summed E-state index contributed by atoms with van der Waals surface area (Å²) in [6.07, 6.45) is 4.23. The van der Waals surface area contributed by atoms with Gasteiger partial charge in [-0.2, -0.15) is 0 Å². The van der Waals surface area contributed by atoms with Crippen LogP contribution in [0.3, 0.4) is 0 Å². The van der Waals surface area contributed by atoms with Gasteiger partial charge < -0.3 is 10.1 Å². The number of nitrogens with one attached hydrogen (secondary N) is 1. The van der Waals surface area contributed by atoms with Crippen LogP contribution >= 0.6 is 46.9 Å². The molecule has 0 atom stereocenters. The first-order chi connectivity index (χ1) is 16.4. The molecule has 34 heavy (non-hydrogen) atoms. The molecule has 6 nitrogen and oxygen atoms in total. The highest BCUT2D eigenvalue weighted by molar-refractivity contribution is 8.26. The first-order valence-electron chi connectivity index (χ1n) is 10.3. The number of anilines is 1. The fraction of sp³-hybridized carbons (Fsp3) is 0.167. The molecule has 1 saturated heterocycles. The van der Waals surface area contributed by atoms with E-state index in [1.807, 2.05) is 48.5 Å². The lowest BCUT2D eigenvalue weighted by Crippen LogP contribution is -2.31. The Bertz CT molecular complexity index is 1270. The number of rotatable bonds is 8. The van der Waals surface area contributed by atoms with Gasteiger partial charge in [0.2, 0.25) is 5.91 Å². The van der Waals surface area contributed by atoms with Gasteiger partial charge in [-0.3, -0.25) is 14.5 Å². The number of halogens is 1. The number of hydrogen-bond donors (Lipinski definition) is 1. The molecule has 1 aliphatic heterocycles. The molecule has 4 rings (SSSR count). The molecular formula is C24H20ClN3O3S3. The second-order valence-corrected chi connectivity index (χ2v) is 10.5. The quantitative estimate of drug-likeness (QED) is 0.301. The number of thiocarbonyl (C=S) groups is 1. The Balaban J connectivity index is 1.33. The summed E-state index contributed by atoms with van der Waals surface area (Å²) in [5.41, 5.74) is 1.79. The smallest absolute Gasteiger partial charge is 0.266 e. The summed E-state index contributed by atoms with van der Waals surface area (Å²) in [7, 11) is 1.58. The van der Waals surface area contributed by atoms with Crippen molar-refractivity contribution in [2.24, 2.45) is 0 Å². The minimum absolute atomic E-state index is 0.105. The molecule has 3 aromatic rings. The fourth-order valence-electron chi connectivity index (χ4n) is 3.29. The van der Waals surface area contributed by atoms with Crippen LogP contribution in [-0.4, -0.2) is 39.7 Å². The first kappa shape index (κ1) is 24.4. The number of methoxy groups -OCH3 is 1. The molecule has 1 aliphatic rings. The molecule has 0 radical (unpaired) electrons. The number of nitrogens with zero attached hydrogens (tertiary/aromatic N) is 2. The van der Waals surface area contributed by atoms with Crippen molar-refractivity contribution >= 4 is 74.3 Å². The minimum Gasteiger partial charge on any atom is -0.496 e. The van der Waals surface area contributed by atoms with Crippen LogP contribution in [0, 0.1) is 0 Å². The summed E-state index contributed by atoms with van der Waals surface area (Å²) in [6.45, 7) is 0.192. The van der Waals surface area contributed by atoms with Crippen molar-refractivity contribution in [2.75, 3.05) is 19.0 Å². The summed E-state index contributed by atoms with van der Waals surface area (Å²) in [5, 5.41) is 4.01. The molecule has 0 spiro atoms. The zero-order chi connectivity index (χ0) is 24.1. The normalized spacial score (nSPS) is 14.6. The topological polar surface area (TPSA) is 71.5 Å². The zero-order valence-corrected chi connectivity index (χ0v) is 21.3. The van der Waals surface area contributed by atoms with E-state index in [1.165, 1.54) is 28.0 Å². The molecule has 174 valence electrons. The van der Waals surface area contributed by atoms with Gasteiger partial charge in [0.05, 0.1) is 12.0 Å². The van der Waals surface area contributed by atoms with Gasteiger partial charge in [-0.15, -0.1) is 11.3 Å². The van der Waals surface area contributed by atoms with Crippen LogP contribution in [-0.2, 0) is 16.0 Å². The second kappa shape index (κ2) is 11.1. The molecule has 0 saturated carbocycles. The number of para-hydroxylation sites is 1. The first-order valence-corrected chi connectivity index (χ1v) is 12.7. The number of carbonyl (C=O) groups excluding carboxylic acids is 2. The van der Waals surface area contributed by atoms with Crippen molar-refractivity contribution in [3.8, 4) is 5.75 Å². The molecule has 1 N–H and O–H groups in total. The Labute approximate surface area is 216 Å². The fourth-order valence-corrected chi connectivity index (χ4v) is 5.64. The Hall–Kier alpha value is -2.72. The highest BCUT2D eigenvalue weighted by Crippen LogP contribution is 2.34. The number of carbonyl (C=O) groups is 2. The van der Waals surface area contributed by atoms with Gasteiger partial charge in [0, 0.05) is 41.0 Å². The summed E-state index contributed by atoms with van der Waals surface area (Å²) in [4.78, 5) is 32.5. The number of hydrogen-bond acceptors (Lipinski definition) is 7. The van der Waals surface area contributed by atoms with Crippen molar-refractivity contribution in [3.05, 3.63) is 80.7 Å². The van der Waals surface area contributed by atoms with Crippen LogP contribution in [0.15, 0.2) is 59.6 Å². The van der Waals surface area contributed by atoms with Gasteiger partial charge in [-0.1, -0.05) is 72.0 Å². The number of benzene rings is 2. The van der Waals surface area contributed by atoms with Crippen molar-refractivity contribution in [3.63, 3.8) is 0 Å². The molecule has 1 fully saturated rings. The molecule has 0 unspecified atom stereocenters. The predicted octanol–water partition coefficient (Wildman–Crippen LogP) is 5.63. The summed E-state index contributed by atoms with van der Waals surface area (Å²) in [5.74, 6) is 0.218. The van der Waals surface area contributed by atoms with Gasteiger partial charge in [-0.05, 0) is 23.8 Å². The molecule has 10 heteroatoms. The molecule has 0 bridgehead atoms. The van der Waals surface area contributed by atoms with Gasteiger partial charge in [0.1, 0.15) is 10.1 Å². The third-order valence-corrected chi connectivity index (χ3v) is 7.64. The lowest BCUT2D eigenvalue weighted by atomic mass is 10.1. The van der Waals surface area contributed by atoms with Crippen molar-refractivity contribution in [1.82, 2.24) is 9.88 Å². The molecule has 2 heterocycles. The van der Waals surface area contributed by atoms with E-state index in [9.17, 15) is 9.59 Å². The Morgan fingerprint density at radius 3 is 2.79 bits per heavy atom. The van der Waals surface area contributed by atoms with Crippen LogP contribution in [0.1, 0.15) is 22.4 Å². The maximum Gasteiger partial charge on any atom is 0.266 e. The maximum absolute atomic E-state index is 12.9. The minimum atomic E-state index is -0.235. The van der Waals surface area contributed by atoms with E-state index in [4.69, 9.17) is 28.6 Å². The van der Waals surface area contributed by atoms with Crippen LogP contribution in [0.25, 0.3) is 6.08 Å². The van der Waals surface area contributed by atoms with Crippen LogP contribution in [0.2, 0.25) is 5.02 Å². The lowest BCUT2D eigenvalue weighted by Gasteiger charge is -2.13. The van der Waals surface area contributed by atoms with Gasteiger partial charge >= 0.3 is 0 Å². The van der Waals surface area contributed by atoms with Gasteiger partial charge in [0.15, 0.2) is 5.13 Å². The van der Waals surface area contributed by atoms with E-state index >= 15 is 0 Å². The Morgan fingerprint density at radius 1 is 1.24 bits per heavy atom. The van der Waals surface area contributed by atoms with Crippen molar-refractivity contribution in [2.45, 2.75) is 12.8 Å². The third kappa shape index (κ3) is 5.85. The summed E-state index contributed by atoms with van der Waals surface area (Å²) in [6, 6.07) is 15.1. The van der Waals surface area contributed by atoms with E-state index in [2.05, 4.69) is 10.3 Å². The number of amides is 2. The molecular weight excluding hydrogens is 510 g/mol. The lowest BCUT2D eigenvalue weighted by molar-refractivity contribution is -0.122. The predicted molar refractivity (Wildman–Crippen MR) is 142 cm³/mol. The van der Waals surface area contributed by atoms with E-state index < -0.39 is 0 Å². The van der Waals surface area contributed by atoms with E-state index in [1.54, 1.807) is 19.4 Å². The highest BCUT2D eigenvalue weighted by atomic mass is 35.5. The summed E-state index contributed by atoms with van der Waals surface area (Å²) < 4.78 is 5.77. The van der Waals surface area contributed by atoms with Crippen LogP contribution in [0.5, 0.6) is 5.75 Å². The number of thioether (sulfide) groups is 1. The third-order valence-electron chi connectivity index (χ3n) is 4.98. The molecule has 1 aromatic heterocycles. The largest absolute Gasteiger partial charge is 0.496 e. The van der Waals surface area contributed by atoms with E-state index in [0.29, 0.717) is 31.6 Å². The van der Waals surface area contributed by atoms with Crippen molar-refractivity contribution < 1.29 is 14.3 Å². The van der Waals surface area contributed by atoms with Crippen molar-refractivity contribution in [1.29, 1.82) is 0 Å². The Kier molecular flexibility index (Phi) is 7.99. The maximum atomic E-state index is 12.9. The average molecular weight is 530 g/mol. The highest BCUT2D eigenvalue weighted by Gasteiger charge is 2.32. The number of ether oxygens (including phenoxy) is 1. The van der Waals surface area contributed by atoms with E-state index in [0.717, 1.165) is 16.0 Å². The SMILES string of the molecule is COc1ccccc1C=C1SC(=S)N(CCC(=O)Nc2ncc(Cc3ccccc3Cl)s2)C1=O. The van der Waals surface area contributed by atoms with Crippen LogP contribution < -0.4 is 10.1 Å². The second-order valence-electron chi connectivity index (χ2n) is 7.27. The van der Waals surface area contributed by atoms with Crippen LogP contribution in [0.4, 0.5) is 5.13 Å². The zero-order valence-electron chi connectivity index (χ0n) is 18.1. The average Bonchev–Trinajstić information content (AvgIpc) is 3.37.